The fourth-order valence-electron chi connectivity index (χ4n) is 3.60. The smallest absolute Gasteiger partial charge is 0.286 e. The highest BCUT2D eigenvalue weighted by molar-refractivity contribution is 5.91. The average molecular weight is 411 g/mol. The standard InChI is InChI=1S/C21H25N5O4/c1-29-16-5-4-15(17(27)13-16)14-25-9-7-20-24-23-19(26(20)11-10-25)6-8-22-21(28)18-3-2-12-30-18/h2-5,12-13,27H,6-11,14H2,1H3,(H,22,28). The van der Waals surface area contributed by atoms with Gasteiger partial charge in [-0.3, -0.25) is 9.69 Å². The number of phenolic OH excluding ortho intramolecular Hbond substituents is 1. The summed E-state index contributed by atoms with van der Waals surface area (Å²) in [5.74, 6) is 2.75. The molecule has 1 amide bonds. The Labute approximate surface area is 174 Å². The molecule has 0 spiro atoms. The number of carbonyl (C=O) groups is 1. The van der Waals surface area contributed by atoms with Gasteiger partial charge in [0.1, 0.15) is 23.1 Å². The van der Waals surface area contributed by atoms with Gasteiger partial charge in [-0.1, -0.05) is 6.07 Å². The molecule has 0 bridgehead atoms. The Balaban J connectivity index is 1.33. The second kappa shape index (κ2) is 9.00. The highest BCUT2D eigenvalue weighted by Gasteiger charge is 2.20. The Morgan fingerprint density at radius 3 is 2.93 bits per heavy atom. The van der Waals surface area contributed by atoms with Gasteiger partial charge in [0.05, 0.1) is 13.4 Å². The van der Waals surface area contributed by atoms with E-state index in [4.69, 9.17) is 9.15 Å². The molecule has 0 atom stereocenters. The van der Waals surface area contributed by atoms with Gasteiger partial charge < -0.3 is 24.1 Å². The molecule has 2 aromatic heterocycles. The number of hydrogen-bond acceptors (Lipinski definition) is 7. The molecule has 1 aromatic carbocycles. The molecule has 2 N–H and O–H groups in total. The monoisotopic (exact) mass is 411 g/mol. The Morgan fingerprint density at radius 1 is 1.27 bits per heavy atom. The second-order valence-electron chi connectivity index (χ2n) is 7.19. The minimum Gasteiger partial charge on any atom is -0.507 e. The number of aromatic hydroxyl groups is 1. The lowest BCUT2D eigenvalue weighted by atomic mass is 10.1. The van der Waals surface area contributed by atoms with Crippen LogP contribution in [0, 0.1) is 0 Å². The molecule has 0 unspecified atom stereocenters. The summed E-state index contributed by atoms with van der Waals surface area (Å²) >= 11 is 0. The van der Waals surface area contributed by atoms with Crippen molar-refractivity contribution in [2.24, 2.45) is 0 Å². The fraction of sp³-hybridized carbons (Fsp3) is 0.381. The van der Waals surface area contributed by atoms with Crippen molar-refractivity contribution in [3.05, 3.63) is 59.6 Å². The number of fused-ring (bicyclic) bond motifs is 1. The van der Waals surface area contributed by atoms with Gasteiger partial charge in [-0.2, -0.15) is 0 Å². The van der Waals surface area contributed by atoms with Gasteiger partial charge in [-0.05, 0) is 18.2 Å². The number of ether oxygens (including phenoxy) is 1. The molecular formula is C21H25N5O4. The Hall–Kier alpha value is -3.33. The van der Waals surface area contributed by atoms with Crippen molar-refractivity contribution in [2.45, 2.75) is 25.9 Å². The summed E-state index contributed by atoms with van der Waals surface area (Å²) in [5, 5.41) is 21.7. The van der Waals surface area contributed by atoms with Gasteiger partial charge in [0.2, 0.25) is 0 Å². The minimum absolute atomic E-state index is 0.235. The van der Waals surface area contributed by atoms with Crippen LogP contribution in [0.5, 0.6) is 11.5 Å². The Bertz CT molecular complexity index is 999. The first-order valence-corrected chi connectivity index (χ1v) is 9.95. The number of hydrogen-bond donors (Lipinski definition) is 2. The van der Waals surface area contributed by atoms with E-state index in [0.717, 1.165) is 43.3 Å². The molecule has 30 heavy (non-hydrogen) atoms. The molecule has 9 heteroatoms. The SMILES string of the molecule is COc1ccc(CN2CCc3nnc(CCNC(=O)c4ccco4)n3CC2)c(O)c1. The van der Waals surface area contributed by atoms with E-state index in [1.807, 2.05) is 12.1 Å². The summed E-state index contributed by atoms with van der Waals surface area (Å²) in [7, 11) is 1.58. The predicted molar refractivity (Wildman–Crippen MR) is 108 cm³/mol. The number of carbonyl (C=O) groups excluding carboxylic acids is 1. The molecular weight excluding hydrogens is 386 g/mol. The third-order valence-corrected chi connectivity index (χ3v) is 5.26. The first-order valence-electron chi connectivity index (χ1n) is 9.95. The molecule has 9 nitrogen and oxygen atoms in total. The van der Waals surface area contributed by atoms with Crippen LogP contribution in [0.25, 0.3) is 0 Å². The van der Waals surface area contributed by atoms with E-state index >= 15 is 0 Å². The van der Waals surface area contributed by atoms with Crippen molar-refractivity contribution in [2.75, 3.05) is 26.7 Å². The minimum atomic E-state index is -0.235. The maximum absolute atomic E-state index is 12.0. The van der Waals surface area contributed by atoms with Crippen molar-refractivity contribution in [3.63, 3.8) is 0 Å². The Morgan fingerprint density at radius 2 is 2.17 bits per heavy atom. The summed E-state index contributed by atoms with van der Waals surface area (Å²) in [4.78, 5) is 14.3. The zero-order valence-corrected chi connectivity index (χ0v) is 16.9. The highest BCUT2D eigenvalue weighted by atomic mass is 16.5. The summed E-state index contributed by atoms with van der Waals surface area (Å²) in [6, 6.07) is 8.71. The van der Waals surface area contributed by atoms with Crippen molar-refractivity contribution in [1.29, 1.82) is 0 Å². The van der Waals surface area contributed by atoms with Crippen LogP contribution in [0.2, 0.25) is 0 Å². The number of benzene rings is 1. The molecule has 0 fully saturated rings. The zero-order chi connectivity index (χ0) is 20.9. The van der Waals surface area contributed by atoms with Crippen LogP contribution in [0.3, 0.4) is 0 Å². The van der Waals surface area contributed by atoms with Gasteiger partial charge in [0.15, 0.2) is 5.76 Å². The first-order chi connectivity index (χ1) is 14.6. The highest BCUT2D eigenvalue weighted by Crippen LogP contribution is 2.25. The maximum Gasteiger partial charge on any atom is 0.286 e. The number of methoxy groups -OCH3 is 1. The fourth-order valence-corrected chi connectivity index (χ4v) is 3.60. The van der Waals surface area contributed by atoms with Gasteiger partial charge in [0.25, 0.3) is 5.91 Å². The third kappa shape index (κ3) is 4.46. The van der Waals surface area contributed by atoms with Crippen LogP contribution in [0.4, 0.5) is 0 Å². The van der Waals surface area contributed by atoms with Crippen LogP contribution in [0.1, 0.15) is 27.8 Å². The number of rotatable bonds is 7. The second-order valence-corrected chi connectivity index (χ2v) is 7.19. The number of nitrogens with zero attached hydrogens (tertiary/aromatic N) is 4. The molecule has 0 saturated heterocycles. The normalized spacial score (nSPS) is 14.2. The van der Waals surface area contributed by atoms with E-state index in [2.05, 4.69) is 25.0 Å². The van der Waals surface area contributed by atoms with Gasteiger partial charge in [-0.25, -0.2) is 0 Å². The summed E-state index contributed by atoms with van der Waals surface area (Å²) in [6.07, 6.45) is 2.85. The third-order valence-electron chi connectivity index (χ3n) is 5.26. The number of furan rings is 1. The van der Waals surface area contributed by atoms with Gasteiger partial charge in [-0.15, -0.1) is 10.2 Å². The quantitative estimate of drug-likeness (QED) is 0.608. The summed E-state index contributed by atoms with van der Waals surface area (Å²) in [6.45, 7) is 3.53. The van der Waals surface area contributed by atoms with E-state index in [-0.39, 0.29) is 11.7 Å². The molecule has 3 heterocycles. The molecule has 3 aromatic rings. The predicted octanol–water partition coefficient (Wildman–Crippen LogP) is 1.62. The van der Waals surface area contributed by atoms with Crippen LogP contribution in [-0.2, 0) is 25.9 Å². The lowest BCUT2D eigenvalue weighted by Gasteiger charge is -2.20. The molecule has 4 rings (SSSR count). The van der Waals surface area contributed by atoms with Crippen LogP contribution in [-0.4, -0.2) is 57.4 Å². The summed E-state index contributed by atoms with van der Waals surface area (Å²) in [5.41, 5.74) is 0.870. The van der Waals surface area contributed by atoms with Crippen molar-refractivity contribution in [1.82, 2.24) is 25.0 Å². The molecule has 0 radical (unpaired) electrons. The van der Waals surface area contributed by atoms with E-state index in [9.17, 15) is 9.90 Å². The van der Waals surface area contributed by atoms with E-state index in [0.29, 0.717) is 31.0 Å². The number of nitrogens with one attached hydrogen (secondary N) is 1. The lowest BCUT2D eigenvalue weighted by Crippen LogP contribution is -2.28. The van der Waals surface area contributed by atoms with E-state index in [1.54, 1.807) is 25.3 Å². The largest absolute Gasteiger partial charge is 0.507 e. The van der Waals surface area contributed by atoms with E-state index in [1.165, 1.54) is 6.26 Å². The van der Waals surface area contributed by atoms with Crippen LogP contribution < -0.4 is 10.1 Å². The lowest BCUT2D eigenvalue weighted by molar-refractivity contribution is 0.0926. The number of amides is 1. The number of phenols is 1. The molecule has 1 aliphatic heterocycles. The molecule has 158 valence electrons. The molecule has 1 aliphatic rings. The maximum atomic E-state index is 12.0. The zero-order valence-electron chi connectivity index (χ0n) is 16.9. The Kier molecular flexibility index (Phi) is 5.99. The number of aromatic nitrogens is 3. The molecule has 0 saturated carbocycles. The van der Waals surface area contributed by atoms with Gasteiger partial charge in [0, 0.05) is 57.2 Å². The van der Waals surface area contributed by atoms with Crippen LogP contribution >= 0.6 is 0 Å². The molecule has 0 aliphatic carbocycles. The summed E-state index contributed by atoms with van der Waals surface area (Å²) < 4.78 is 12.4. The van der Waals surface area contributed by atoms with Gasteiger partial charge >= 0.3 is 0 Å². The van der Waals surface area contributed by atoms with Crippen molar-refractivity contribution >= 4 is 5.91 Å². The average Bonchev–Trinajstić information content (AvgIpc) is 3.37. The van der Waals surface area contributed by atoms with Crippen molar-refractivity contribution in [3.8, 4) is 11.5 Å². The first kappa shape index (κ1) is 20.0. The van der Waals surface area contributed by atoms with Crippen LogP contribution in [0.15, 0.2) is 41.0 Å². The topological polar surface area (TPSA) is 106 Å². The van der Waals surface area contributed by atoms with E-state index < -0.39 is 0 Å². The van der Waals surface area contributed by atoms with Crippen molar-refractivity contribution < 1.29 is 19.1 Å².